The predicted octanol–water partition coefficient (Wildman–Crippen LogP) is 2.12. The zero-order valence-corrected chi connectivity index (χ0v) is 15.6. The summed E-state index contributed by atoms with van der Waals surface area (Å²) in [4.78, 5) is 12.2. The summed E-state index contributed by atoms with van der Waals surface area (Å²) in [5, 5.41) is 9.16. The zero-order valence-electron chi connectivity index (χ0n) is 14.8. The van der Waals surface area contributed by atoms with E-state index in [-0.39, 0.29) is 12.4 Å². The summed E-state index contributed by atoms with van der Waals surface area (Å²) in [6.07, 6.45) is 0. The molecule has 28 heavy (non-hydrogen) atoms. The van der Waals surface area contributed by atoms with Crippen molar-refractivity contribution >= 4 is 15.7 Å². The van der Waals surface area contributed by atoms with E-state index in [4.69, 9.17) is 9.15 Å². The Kier molecular flexibility index (Phi) is 5.69. The molecule has 0 bridgehead atoms. The molecule has 0 fully saturated rings. The van der Waals surface area contributed by atoms with Gasteiger partial charge in [-0.05, 0) is 35.9 Å². The highest BCUT2D eigenvalue weighted by atomic mass is 32.2. The van der Waals surface area contributed by atoms with Crippen molar-refractivity contribution in [1.29, 1.82) is 0 Å². The molecule has 0 aliphatic carbocycles. The van der Waals surface area contributed by atoms with E-state index in [9.17, 15) is 17.6 Å². The normalized spacial score (nSPS) is 11.2. The Labute approximate surface area is 160 Å². The number of nitrogens with zero attached hydrogens (tertiary/aromatic N) is 2. The van der Waals surface area contributed by atoms with Crippen molar-refractivity contribution in [1.82, 2.24) is 15.5 Å². The van der Waals surface area contributed by atoms with Crippen molar-refractivity contribution in [3.8, 4) is 5.75 Å². The number of benzene rings is 2. The fraction of sp³-hybridized carbons (Fsp3) is 0.167. The molecule has 0 aliphatic rings. The summed E-state index contributed by atoms with van der Waals surface area (Å²) in [5.41, 5.74) is 0.746. The van der Waals surface area contributed by atoms with Crippen LogP contribution in [0.2, 0.25) is 0 Å². The third-order valence-corrected chi connectivity index (χ3v) is 5.13. The Morgan fingerprint density at radius 1 is 1.18 bits per heavy atom. The average molecular weight is 405 g/mol. The lowest BCUT2D eigenvalue weighted by Gasteiger charge is -2.04. The Morgan fingerprint density at radius 3 is 2.64 bits per heavy atom. The van der Waals surface area contributed by atoms with E-state index in [1.807, 2.05) is 0 Å². The lowest BCUT2D eigenvalue weighted by Crippen LogP contribution is -2.22. The number of rotatable bonds is 7. The van der Waals surface area contributed by atoms with Crippen molar-refractivity contribution < 1.29 is 26.8 Å². The monoisotopic (exact) mass is 405 g/mol. The van der Waals surface area contributed by atoms with Crippen LogP contribution in [0.25, 0.3) is 0 Å². The van der Waals surface area contributed by atoms with Gasteiger partial charge in [-0.2, -0.15) is 0 Å². The molecule has 1 N–H and O–H groups in total. The van der Waals surface area contributed by atoms with Crippen LogP contribution in [0.1, 0.15) is 21.8 Å². The number of carbonyl (C=O) groups is 1. The van der Waals surface area contributed by atoms with E-state index in [1.54, 1.807) is 24.3 Å². The van der Waals surface area contributed by atoms with Gasteiger partial charge in [0.2, 0.25) is 15.7 Å². The summed E-state index contributed by atoms with van der Waals surface area (Å²) in [5.74, 6) is -0.820. The molecule has 3 rings (SSSR count). The van der Waals surface area contributed by atoms with Gasteiger partial charge in [0.05, 0.1) is 19.4 Å². The zero-order chi connectivity index (χ0) is 20.1. The second-order valence-electron chi connectivity index (χ2n) is 5.76. The van der Waals surface area contributed by atoms with Gasteiger partial charge in [0.1, 0.15) is 11.6 Å². The average Bonchev–Trinajstić information content (AvgIpc) is 3.18. The fourth-order valence-electron chi connectivity index (χ4n) is 2.32. The molecule has 0 aliphatic heterocycles. The highest BCUT2D eigenvalue weighted by Crippen LogP contribution is 2.16. The summed E-state index contributed by atoms with van der Waals surface area (Å²) >= 11 is 0. The Hall–Kier alpha value is -3.27. The molecule has 1 amide bonds. The first kappa shape index (κ1) is 19.5. The molecule has 8 nitrogen and oxygen atoms in total. The van der Waals surface area contributed by atoms with Crippen molar-refractivity contribution in [2.24, 2.45) is 0 Å². The van der Waals surface area contributed by atoms with E-state index in [2.05, 4.69) is 15.5 Å². The van der Waals surface area contributed by atoms with Gasteiger partial charge in [-0.15, -0.1) is 5.10 Å². The molecule has 3 aromatic rings. The highest BCUT2D eigenvalue weighted by molar-refractivity contribution is 7.90. The molecular formula is C18H16FN3O5S. The lowest BCUT2D eigenvalue weighted by atomic mass is 10.2. The number of halogens is 1. The molecule has 146 valence electrons. The van der Waals surface area contributed by atoms with Crippen LogP contribution < -0.4 is 10.1 Å². The molecule has 2 aromatic carbocycles. The maximum atomic E-state index is 12.9. The van der Waals surface area contributed by atoms with Crippen LogP contribution in [0.4, 0.5) is 4.39 Å². The van der Waals surface area contributed by atoms with Gasteiger partial charge in [-0.3, -0.25) is 4.79 Å². The molecule has 1 heterocycles. The van der Waals surface area contributed by atoms with Crippen LogP contribution in [0.5, 0.6) is 5.75 Å². The minimum Gasteiger partial charge on any atom is -0.497 e. The van der Waals surface area contributed by atoms with E-state index in [1.165, 1.54) is 19.2 Å². The fourth-order valence-corrected chi connectivity index (χ4v) is 3.46. The van der Waals surface area contributed by atoms with Crippen LogP contribution in [0.15, 0.2) is 58.2 Å². The number of methoxy groups -OCH3 is 1. The summed E-state index contributed by atoms with van der Waals surface area (Å²) < 4.78 is 47.8. The topological polar surface area (TPSA) is 111 Å². The minimum absolute atomic E-state index is 0.0612. The molecule has 0 unspecified atom stereocenters. The highest BCUT2D eigenvalue weighted by Gasteiger charge is 2.23. The first-order valence-electron chi connectivity index (χ1n) is 8.09. The molecule has 1 aromatic heterocycles. The summed E-state index contributed by atoms with van der Waals surface area (Å²) in [7, 11) is -2.41. The first-order chi connectivity index (χ1) is 13.4. The van der Waals surface area contributed by atoms with Gasteiger partial charge in [-0.1, -0.05) is 23.3 Å². The van der Waals surface area contributed by atoms with Gasteiger partial charge in [0.15, 0.2) is 0 Å². The van der Waals surface area contributed by atoms with Gasteiger partial charge >= 0.3 is 5.22 Å². The largest absolute Gasteiger partial charge is 0.497 e. The van der Waals surface area contributed by atoms with Gasteiger partial charge in [0, 0.05) is 5.56 Å². The maximum absolute atomic E-state index is 12.9. The smallest absolute Gasteiger partial charge is 0.335 e. The maximum Gasteiger partial charge on any atom is 0.335 e. The number of aromatic nitrogens is 2. The molecule has 10 heteroatoms. The third kappa shape index (κ3) is 4.71. The number of ether oxygens (including phenoxy) is 1. The number of hydrogen-bond acceptors (Lipinski definition) is 7. The number of sulfone groups is 1. The molecule has 0 spiro atoms. The summed E-state index contributed by atoms with van der Waals surface area (Å²) in [6, 6.07) is 11.6. The molecule has 0 atom stereocenters. The van der Waals surface area contributed by atoms with Gasteiger partial charge in [-0.25, -0.2) is 12.8 Å². The van der Waals surface area contributed by atoms with Crippen molar-refractivity contribution in [3.05, 3.63) is 71.4 Å². The standard InChI is InChI=1S/C18H16FN3O5S/c1-26-15-4-2-3-13(9-15)17(23)20-10-16-21-22-18(27-16)28(24,25)11-12-5-7-14(19)8-6-12/h2-9H,10-11H2,1H3,(H,20,23). The van der Waals surface area contributed by atoms with Crippen molar-refractivity contribution in [2.75, 3.05) is 7.11 Å². The van der Waals surface area contributed by atoms with Crippen LogP contribution in [-0.4, -0.2) is 31.6 Å². The summed E-state index contributed by atoms with van der Waals surface area (Å²) in [6.45, 7) is -0.144. The van der Waals surface area contributed by atoms with Crippen LogP contribution in [0, 0.1) is 5.82 Å². The number of nitrogens with one attached hydrogen (secondary N) is 1. The lowest BCUT2D eigenvalue weighted by molar-refractivity contribution is 0.0946. The molecule has 0 saturated heterocycles. The predicted molar refractivity (Wildman–Crippen MR) is 95.8 cm³/mol. The van der Waals surface area contributed by atoms with E-state index in [0.29, 0.717) is 16.9 Å². The molecular weight excluding hydrogens is 389 g/mol. The van der Waals surface area contributed by atoms with Gasteiger partial charge < -0.3 is 14.5 Å². The molecule has 0 radical (unpaired) electrons. The quantitative estimate of drug-likeness (QED) is 0.641. The Morgan fingerprint density at radius 2 is 1.93 bits per heavy atom. The Balaban J connectivity index is 1.64. The SMILES string of the molecule is COc1cccc(C(=O)NCc2nnc(S(=O)(=O)Cc3ccc(F)cc3)o2)c1. The first-order valence-corrected chi connectivity index (χ1v) is 9.74. The second-order valence-corrected chi connectivity index (χ2v) is 7.63. The van der Waals surface area contributed by atoms with Gasteiger partial charge in [0.25, 0.3) is 5.91 Å². The Bertz CT molecular complexity index is 1080. The third-order valence-electron chi connectivity index (χ3n) is 3.72. The van der Waals surface area contributed by atoms with E-state index in [0.717, 1.165) is 12.1 Å². The number of carbonyl (C=O) groups excluding carboxylic acids is 1. The van der Waals surface area contributed by atoms with Crippen molar-refractivity contribution in [3.63, 3.8) is 0 Å². The van der Waals surface area contributed by atoms with Crippen LogP contribution in [-0.2, 0) is 22.1 Å². The second kappa shape index (κ2) is 8.17. The van der Waals surface area contributed by atoms with Crippen LogP contribution in [0.3, 0.4) is 0 Å². The van der Waals surface area contributed by atoms with Crippen LogP contribution >= 0.6 is 0 Å². The van der Waals surface area contributed by atoms with E-state index < -0.39 is 32.5 Å². The van der Waals surface area contributed by atoms with E-state index >= 15 is 0 Å². The number of amides is 1. The number of hydrogen-bond donors (Lipinski definition) is 1. The van der Waals surface area contributed by atoms with Crippen molar-refractivity contribution in [2.45, 2.75) is 17.5 Å². The minimum atomic E-state index is -3.90. The molecule has 0 saturated carbocycles.